The van der Waals surface area contributed by atoms with Crippen LogP contribution in [0.1, 0.15) is 149 Å². The summed E-state index contributed by atoms with van der Waals surface area (Å²) in [6.07, 6.45) is 4.78. The number of unbranched alkanes of at least 4 members (excludes halogenated alkanes) is 3. The zero-order valence-electron chi connectivity index (χ0n) is 36.8. The summed E-state index contributed by atoms with van der Waals surface area (Å²) in [7, 11) is 0. The molecular formula is C47H71N3O8. The highest BCUT2D eigenvalue weighted by atomic mass is 16.6. The smallest absolute Gasteiger partial charge is 0.312 e. The number of hydrogen-bond donors (Lipinski definition) is 5. The van der Waals surface area contributed by atoms with Crippen LogP contribution in [0.2, 0.25) is 0 Å². The van der Waals surface area contributed by atoms with Crippen LogP contribution in [0.5, 0.6) is 34.5 Å². The number of phenols is 2. The van der Waals surface area contributed by atoms with Gasteiger partial charge in [0.15, 0.2) is 0 Å². The SMILES string of the molecule is CCCCOc1ccc(C2NC(c3ccc(OCCCC)cc3O)NC(c3ccc(OCCOC(=O)C(C)(CC(C)(C)C)C(C)(C)C)cc3OCCCC)N2)c(O)c1. The quantitative estimate of drug-likeness (QED) is 0.0519. The summed E-state index contributed by atoms with van der Waals surface area (Å²) in [5.74, 6) is 2.31. The van der Waals surface area contributed by atoms with Crippen LogP contribution in [0.15, 0.2) is 54.6 Å². The molecule has 0 aliphatic carbocycles. The molecule has 0 bridgehead atoms. The van der Waals surface area contributed by atoms with E-state index >= 15 is 0 Å². The van der Waals surface area contributed by atoms with E-state index in [1.165, 1.54) is 0 Å². The predicted molar refractivity (Wildman–Crippen MR) is 230 cm³/mol. The molecule has 1 aliphatic rings. The van der Waals surface area contributed by atoms with Crippen molar-refractivity contribution in [2.24, 2.45) is 16.2 Å². The average molecular weight is 806 g/mol. The van der Waals surface area contributed by atoms with Crippen molar-refractivity contribution in [3.8, 4) is 34.5 Å². The van der Waals surface area contributed by atoms with Crippen LogP contribution < -0.4 is 34.9 Å². The van der Waals surface area contributed by atoms with Crippen LogP contribution in [0.3, 0.4) is 0 Å². The fourth-order valence-electron chi connectivity index (χ4n) is 7.02. The van der Waals surface area contributed by atoms with Crippen LogP contribution in [-0.2, 0) is 9.53 Å². The summed E-state index contributed by atoms with van der Waals surface area (Å²) in [5.41, 5.74) is 1.04. The van der Waals surface area contributed by atoms with Gasteiger partial charge in [0, 0.05) is 34.9 Å². The van der Waals surface area contributed by atoms with E-state index in [1.807, 2.05) is 49.4 Å². The number of esters is 1. The number of benzene rings is 3. The number of nitrogens with one attached hydrogen (secondary N) is 3. The van der Waals surface area contributed by atoms with Crippen LogP contribution in [0, 0.1) is 16.2 Å². The van der Waals surface area contributed by atoms with Crippen molar-refractivity contribution >= 4 is 5.97 Å². The van der Waals surface area contributed by atoms with Crippen molar-refractivity contribution in [3.05, 3.63) is 71.3 Å². The Morgan fingerprint density at radius 2 is 0.983 bits per heavy atom. The van der Waals surface area contributed by atoms with Crippen molar-refractivity contribution in [3.63, 3.8) is 0 Å². The molecule has 1 aliphatic heterocycles. The standard InChI is InChI=1S/C47H71N3O8/c1-11-14-23-54-32-17-20-35(38(51)28-32)41-48-42(36-21-18-33(29-39(36)52)55-24-15-12-2)50-43(49-41)37-22-19-34(30-40(37)57-25-16-13-3)56-26-27-58-44(53)47(10,46(7,8)9)31-45(4,5)6/h17-22,28-30,41-43,48-52H,11-16,23-27,31H2,1-10H3. The first kappa shape index (κ1) is 46.5. The van der Waals surface area contributed by atoms with E-state index in [9.17, 15) is 15.0 Å². The number of hydrogen-bond acceptors (Lipinski definition) is 11. The van der Waals surface area contributed by atoms with Gasteiger partial charge in [0.2, 0.25) is 0 Å². The van der Waals surface area contributed by atoms with E-state index in [0.29, 0.717) is 60.4 Å². The van der Waals surface area contributed by atoms with E-state index in [0.717, 1.165) is 44.1 Å². The van der Waals surface area contributed by atoms with Gasteiger partial charge in [-0.15, -0.1) is 0 Å². The van der Waals surface area contributed by atoms with Crippen molar-refractivity contribution < 1.29 is 38.7 Å². The van der Waals surface area contributed by atoms with Gasteiger partial charge in [-0.1, -0.05) is 81.6 Å². The molecule has 4 rings (SSSR count). The lowest BCUT2D eigenvalue weighted by molar-refractivity contribution is -0.165. The number of ether oxygens (including phenoxy) is 5. The van der Waals surface area contributed by atoms with Crippen molar-refractivity contribution in [2.45, 2.75) is 133 Å². The lowest BCUT2D eigenvalue weighted by Gasteiger charge is -2.43. The predicted octanol–water partition coefficient (Wildman–Crippen LogP) is 10.2. The maximum absolute atomic E-state index is 13.5. The molecule has 0 spiro atoms. The third-order valence-corrected chi connectivity index (χ3v) is 10.8. The molecule has 322 valence electrons. The van der Waals surface area contributed by atoms with Crippen LogP contribution in [0.25, 0.3) is 0 Å². The fourth-order valence-corrected chi connectivity index (χ4v) is 7.02. The average Bonchev–Trinajstić information content (AvgIpc) is 3.15. The number of carbonyl (C=O) groups excluding carboxylic acids is 1. The van der Waals surface area contributed by atoms with Gasteiger partial charge in [-0.25, -0.2) is 0 Å². The van der Waals surface area contributed by atoms with E-state index in [4.69, 9.17) is 23.7 Å². The molecule has 0 radical (unpaired) electrons. The van der Waals surface area contributed by atoms with Crippen LogP contribution in [-0.4, -0.2) is 49.2 Å². The Bertz CT molecular complexity index is 1690. The largest absolute Gasteiger partial charge is 0.507 e. The Kier molecular flexibility index (Phi) is 17.0. The highest BCUT2D eigenvalue weighted by molar-refractivity contribution is 5.77. The minimum Gasteiger partial charge on any atom is -0.507 e. The molecule has 1 heterocycles. The summed E-state index contributed by atoms with van der Waals surface area (Å²) >= 11 is 0. The summed E-state index contributed by atoms with van der Waals surface area (Å²) in [6, 6.07) is 16.4. The number of aromatic hydroxyl groups is 2. The van der Waals surface area contributed by atoms with E-state index in [-0.39, 0.29) is 41.5 Å². The van der Waals surface area contributed by atoms with Gasteiger partial charge in [0.05, 0.1) is 43.7 Å². The van der Waals surface area contributed by atoms with Gasteiger partial charge in [0.25, 0.3) is 0 Å². The first-order chi connectivity index (χ1) is 27.5. The molecule has 0 aromatic heterocycles. The van der Waals surface area contributed by atoms with Gasteiger partial charge < -0.3 is 33.9 Å². The molecule has 11 heteroatoms. The molecule has 3 aromatic carbocycles. The first-order valence-electron chi connectivity index (χ1n) is 21.3. The van der Waals surface area contributed by atoms with Crippen LogP contribution >= 0.6 is 0 Å². The Hall–Kier alpha value is -4.19. The minimum atomic E-state index is -0.666. The Morgan fingerprint density at radius 1 is 0.569 bits per heavy atom. The van der Waals surface area contributed by atoms with Crippen LogP contribution in [0.4, 0.5) is 0 Å². The maximum atomic E-state index is 13.5. The summed E-state index contributed by atoms with van der Waals surface area (Å²) in [6.45, 7) is 22.9. The second kappa shape index (κ2) is 21.2. The second-order valence-electron chi connectivity index (χ2n) is 17.8. The first-order valence-corrected chi connectivity index (χ1v) is 21.3. The zero-order chi connectivity index (χ0) is 42.5. The maximum Gasteiger partial charge on any atom is 0.312 e. The molecule has 11 nitrogen and oxygen atoms in total. The van der Waals surface area contributed by atoms with Crippen molar-refractivity contribution in [1.82, 2.24) is 16.0 Å². The van der Waals surface area contributed by atoms with Crippen molar-refractivity contribution in [2.75, 3.05) is 33.0 Å². The molecular weight excluding hydrogens is 735 g/mol. The molecule has 0 saturated carbocycles. The molecule has 3 unspecified atom stereocenters. The Balaban J connectivity index is 1.60. The zero-order valence-corrected chi connectivity index (χ0v) is 36.8. The monoisotopic (exact) mass is 806 g/mol. The van der Waals surface area contributed by atoms with Gasteiger partial charge >= 0.3 is 5.97 Å². The number of carbonyl (C=O) groups is 1. The lowest BCUT2D eigenvalue weighted by Crippen LogP contribution is -2.54. The van der Waals surface area contributed by atoms with E-state index in [1.54, 1.807) is 12.1 Å². The molecule has 3 aromatic rings. The highest BCUT2D eigenvalue weighted by Crippen LogP contribution is 2.47. The Labute approximate surface area is 347 Å². The topological polar surface area (TPSA) is 140 Å². The normalized spacial score (nSPS) is 18.3. The minimum absolute atomic E-state index is 0.0483. The third-order valence-electron chi connectivity index (χ3n) is 10.8. The summed E-state index contributed by atoms with van der Waals surface area (Å²) in [4.78, 5) is 13.5. The molecule has 3 atom stereocenters. The molecule has 58 heavy (non-hydrogen) atoms. The van der Waals surface area contributed by atoms with Gasteiger partial charge in [-0.05, 0) is 79.8 Å². The van der Waals surface area contributed by atoms with Gasteiger partial charge in [-0.3, -0.25) is 20.7 Å². The lowest BCUT2D eigenvalue weighted by atomic mass is 9.61. The summed E-state index contributed by atoms with van der Waals surface area (Å²) in [5, 5.41) is 33.4. The molecule has 0 amide bonds. The molecule has 1 saturated heterocycles. The van der Waals surface area contributed by atoms with E-state index < -0.39 is 23.9 Å². The molecule has 5 N–H and O–H groups in total. The van der Waals surface area contributed by atoms with Crippen molar-refractivity contribution in [1.29, 1.82) is 0 Å². The second-order valence-corrected chi connectivity index (χ2v) is 17.8. The highest BCUT2D eigenvalue weighted by Gasteiger charge is 2.47. The molecule has 1 fully saturated rings. The van der Waals surface area contributed by atoms with Gasteiger partial charge in [-0.2, -0.15) is 0 Å². The van der Waals surface area contributed by atoms with E-state index in [2.05, 4.69) is 78.3 Å². The number of rotatable bonds is 21. The summed E-state index contributed by atoms with van der Waals surface area (Å²) < 4.78 is 30.1. The third kappa shape index (κ3) is 12.9. The fraction of sp³-hybridized carbons (Fsp3) is 0.596. The number of phenolic OH excluding ortho intramolecular Hbond substituents is 2. The Morgan fingerprint density at radius 3 is 1.41 bits per heavy atom. The van der Waals surface area contributed by atoms with Gasteiger partial charge in [0.1, 0.15) is 47.7 Å².